The van der Waals surface area contributed by atoms with Crippen molar-refractivity contribution >= 4 is 17.1 Å². The summed E-state index contributed by atoms with van der Waals surface area (Å²) in [6, 6.07) is 5.61. The zero-order chi connectivity index (χ0) is 36.6. The molecule has 0 spiro atoms. The fourth-order valence-corrected chi connectivity index (χ4v) is 6.65. The van der Waals surface area contributed by atoms with Crippen molar-refractivity contribution in [3.05, 3.63) is 83.2 Å². The molecule has 2 aromatic carbocycles. The Morgan fingerprint density at radius 1 is 0.979 bits per heavy atom. The molecule has 0 bridgehead atoms. The van der Waals surface area contributed by atoms with Crippen molar-refractivity contribution in [2.45, 2.75) is 114 Å². The fraction of sp³-hybridized carbons (Fsp3) is 0.559. The van der Waals surface area contributed by atoms with Crippen LogP contribution in [0.25, 0.3) is 0 Å². The summed E-state index contributed by atoms with van der Waals surface area (Å²) in [6.07, 6.45) is -11.6. The number of halogens is 7. The summed E-state index contributed by atoms with van der Waals surface area (Å²) < 4.78 is 124. The number of carbonyl (C=O) groups is 1. The van der Waals surface area contributed by atoms with Crippen LogP contribution in [-0.2, 0) is 32.8 Å². The summed E-state index contributed by atoms with van der Waals surface area (Å²) >= 11 is 0. The van der Waals surface area contributed by atoms with Gasteiger partial charge >= 0.3 is 18.4 Å². The van der Waals surface area contributed by atoms with Gasteiger partial charge in [-0.2, -0.15) is 26.3 Å². The molecular weight excluding hydrogens is 665 g/mol. The first-order valence-electron chi connectivity index (χ1n) is 15.3. The van der Waals surface area contributed by atoms with E-state index in [2.05, 4.69) is 11.3 Å². The number of ether oxygens (including phenoxy) is 2. The molecule has 2 unspecified atom stereocenters. The van der Waals surface area contributed by atoms with Crippen LogP contribution >= 0.6 is 0 Å². The first-order valence-corrected chi connectivity index (χ1v) is 16.4. The van der Waals surface area contributed by atoms with Crippen LogP contribution in [-0.4, -0.2) is 49.8 Å². The molecule has 0 saturated carbocycles. The third-order valence-electron chi connectivity index (χ3n) is 7.90. The van der Waals surface area contributed by atoms with Gasteiger partial charge in [-0.25, -0.2) is 18.1 Å². The number of amides is 1. The summed E-state index contributed by atoms with van der Waals surface area (Å²) in [5.74, 6) is -1.42. The van der Waals surface area contributed by atoms with E-state index >= 15 is 0 Å². The number of rotatable bonds is 9. The second-order valence-corrected chi connectivity index (χ2v) is 16.2. The van der Waals surface area contributed by atoms with Gasteiger partial charge in [0.05, 0.1) is 57.2 Å². The van der Waals surface area contributed by atoms with Gasteiger partial charge in [-0.1, -0.05) is 18.2 Å². The van der Waals surface area contributed by atoms with Crippen LogP contribution in [0.15, 0.2) is 55.1 Å². The van der Waals surface area contributed by atoms with Crippen molar-refractivity contribution in [2.24, 2.45) is 0 Å². The lowest BCUT2D eigenvalue weighted by Crippen LogP contribution is -2.61. The standard InChI is InChI=1S/C34H43F7N2O4S/c1-10-15-32(9,42-48(45)31(6,7)8)28-27(21-11-13-25(35)14-12-21)26(19-43(28)29(44)47-30(3,4)5)46-20(2)22-16-23(33(36,37)38)18-24(17-22)34(39,40)41/h10-14,16-18,20,26-28,42H,1,15,19H2,2-9H3/t20-,26+,27-,28-,32?,48?/m1/s1. The molecule has 14 heteroatoms. The highest BCUT2D eigenvalue weighted by Gasteiger charge is 2.55. The first kappa shape index (κ1) is 39.5. The number of likely N-dealkylation sites (tertiary alicyclic amines) is 1. The number of nitrogens with one attached hydrogen (secondary N) is 1. The van der Waals surface area contributed by atoms with E-state index < -0.39 is 86.4 Å². The van der Waals surface area contributed by atoms with Gasteiger partial charge in [-0.15, -0.1) is 6.58 Å². The molecular formula is C34H43F7N2O4S. The molecule has 3 rings (SSSR count). The van der Waals surface area contributed by atoms with Crippen LogP contribution in [0.5, 0.6) is 0 Å². The summed E-state index contributed by atoms with van der Waals surface area (Å²) in [7, 11) is -1.69. The second-order valence-electron chi connectivity index (χ2n) is 14.2. The van der Waals surface area contributed by atoms with E-state index in [1.165, 1.54) is 36.1 Å². The van der Waals surface area contributed by atoms with Crippen molar-refractivity contribution < 1.29 is 49.2 Å². The van der Waals surface area contributed by atoms with E-state index in [1.54, 1.807) is 54.5 Å². The van der Waals surface area contributed by atoms with Crippen LogP contribution < -0.4 is 4.72 Å². The third-order valence-corrected chi connectivity index (χ3v) is 9.66. The largest absolute Gasteiger partial charge is 0.444 e. The molecule has 0 aliphatic carbocycles. The lowest BCUT2D eigenvalue weighted by atomic mass is 9.77. The van der Waals surface area contributed by atoms with Crippen molar-refractivity contribution in [2.75, 3.05) is 6.54 Å². The Labute approximate surface area is 279 Å². The average molecular weight is 709 g/mol. The molecule has 6 nitrogen and oxygen atoms in total. The summed E-state index contributed by atoms with van der Waals surface area (Å²) in [5.41, 5.74) is -5.08. The van der Waals surface area contributed by atoms with Crippen LogP contribution in [0.2, 0.25) is 0 Å². The van der Waals surface area contributed by atoms with Gasteiger partial charge in [0.15, 0.2) is 0 Å². The Balaban J connectivity index is 2.24. The predicted octanol–water partition coefficient (Wildman–Crippen LogP) is 9.10. The number of carbonyl (C=O) groups excluding carboxylic acids is 1. The second kappa shape index (κ2) is 14.1. The molecule has 0 aromatic heterocycles. The SMILES string of the molecule is C=CCC(C)(NS(=O)C(C)(C)C)[C@H]1[C@H](c2ccc(F)cc2)[C@@H](O[C@H](C)c2cc(C(F)(F)F)cc(C(F)(F)F)c2)CN1C(=O)OC(C)(C)C. The van der Waals surface area contributed by atoms with Gasteiger partial charge in [0.1, 0.15) is 11.4 Å². The van der Waals surface area contributed by atoms with Gasteiger partial charge in [0, 0.05) is 5.92 Å². The molecule has 1 amide bonds. The topological polar surface area (TPSA) is 67.9 Å². The van der Waals surface area contributed by atoms with Gasteiger partial charge in [0.2, 0.25) is 0 Å². The highest BCUT2D eigenvalue weighted by atomic mass is 32.2. The maximum Gasteiger partial charge on any atom is 0.416 e. The maximum absolute atomic E-state index is 14.2. The van der Waals surface area contributed by atoms with Crippen LogP contribution in [0.1, 0.15) is 96.1 Å². The molecule has 48 heavy (non-hydrogen) atoms. The van der Waals surface area contributed by atoms with E-state index in [4.69, 9.17) is 9.47 Å². The van der Waals surface area contributed by atoms with E-state index in [1.807, 2.05) is 0 Å². The zero-order valence-electron chi connectivity index (χ0n) is 28.2. The van der Waals surface area contributed by atoms with Crippen LogP contribution in [0.4, 0.5) is 35.5 Å². The zero-order valence-corrected chi connectivity index (χ0v) is 29.0. The highest BCUT2D eigenvalue weighted by Crippen LogP contribution is 2.45. The molecule has 1 heterocycles. The monoisotopic (exact) mass is 708 g/mol. The van der Waals surface area contributed by atoms with Crippen molar-refractivity contribution in [3.63, 3.8) is 0 Å². The maximum atomic E-state index is 14.2. The summed E-state index contributed by atoms with van der Waals surface area (Å²) in [5, 5.41) is 0. The molecule has 1 aliphatic rings. The van der Waals surface area contributed by atoms with Gasteiger partial charge < -0.3 is 9.47 Å². The lowest BCUT2D eigenvalue weighted by molar-refractivity contribution is -0.143. The normalized spacial score (nSPS) is 21.8. The predicted molar refractivity (Wildman–Crippen MR) is 170 cm³/mol. The quantitative estimate of drug-likeness (QED) is 0.209. The Bertz CT molecular complexity index is 1450. The average Bonchev–Trinajstić information content (AvgIpc) is 3.31. The van der Waals surface area contributed by atoms with E-state index in [9.17, 15) is 39.7 Å². The smallest absolute Gasteiger partial charge is 0.416 e. The van der Waals surface area contributed by atoms with Crippen molar-refractivity contribution in [1.29, 1.82) is 0 Å². The molecule has 268 valence electrons. The van der Waals surface area contributed by atoms with E-state index in [0.29, 0.717) is 17.7 Å². The molecule has 1 fully saturated rings. The highest BCUT2D eigenvalue weighted by molar-refractivity contribution is 7.84. The Morgan fingerprint density at radius 2 is 1.50 bits per heavy atom. The number of nitrogens with zero attached hydrogens (tertiary/aromatic N) is 1. The summed E-state index contributed by atoms with van der Waals surface area (Å²) in [4.78, 5) is 15.2. The number of hydrogen-bond donors (Lipinski definition) is 1. The van der Waals surface area contributed by atoms with E-state index in [-0.39, 0.29) is 24.6 Å². The van der Waals surface area contributed by atoms with Gasteiger partial charge in [-0.05, 0) is 103 Å². The van der Waals surface area contributed by atoms with Gasteiger partial charge in [0.25, 0.3) is 0 Å². The van der Waals surface area contributed by atoms with Gasteiger partial charge in [-0.3, -0.25) is 4.90 Å². The Morgan fingerprint density at radius 3 is 1.94 bits per heavy atom. The lowest BCUT2D eigenvalue weighted by Gasteiger charge is -2.44. The van der Waals surface area contributed by atoms with Crippen LogP contribution in [0, 0.1) is 5.82 Å². The van der Waals surface area contributed by atoms with Crippen LogP contribution in [0.3, 0.4) is 0 Å². The fourth-order valence-electron chi connectivity index (χ4n) is 5.72. The minimum atomic E-state index is -5.07. The van der Waals surface area contributed by atoms with Crippen molar-refractivity contribution in [1.82, 2.24) is 9.62 Å². The third kappa shape index (κ3) is 9.59. The van der Waals surface area contributed by atoms with E-state index in [0.717, 1.165) is 0 Å². The number of hydrogen-bond acceptors (Lipinski definition) is 4. The molecule has 0 radical (unpaired) electrons. The number of alkyl halides is 6. The Hall–Kier alpha value is -2.97. The summed E-state index contributed by atoms with van der Waals surface area (Å²) in [6.45, 7) is 16.9. The molecule has 2 aromatic rings. The molecule has 1 N–H and O–H groups in total. The minimum absolute atomic E-state index is 0.0368. The minimum Gasteiger partial charge on any atom is -0.444 e. The Kier molecular flexibility index (Phi) is 11.6. The molecule has 6 atom stereocenters. The first-order chi connectivity index (χ1) is 21.8. The van der Waals surface area contributed by atoms with Crippen molar-refractivity contribution in [3.8, 4) is 0 Å². The molecule has 1 aliphatic heterocycles. The number of benzene rings is 2. The molecule has 1 saturated heterocycles.